The van der Waals surface area contributed by atoms with Crippen LogP contribution in [-0.4, -0.2) is 55.9 Å². The monoisotopic (exact) mass is 420 g/mol. The third kappa shape index (κ3) is 1.68. The molecule has 0 aromatic rings. The molecule has 0 spiro atoms. The van der Waals surface area contributed by atoms with Crippen LogP contribution in [0.4, 0.5) is 0 Å². The number of methoxy groups -OCH3 is 4. The van der Waals surface area contributed by atoms with Crippen LogP contribution in [0.1, 0.15) is 6.92 Å². The molecule has 0 aliphatic heterocycles. The normalized spacial score (nSPS) is 40.0. The van der Waals surface area contributed by atoms with Crippen molar-refractivity contribution in [1.29, 1.82) is 0 Å². The van der Waals surface area contributed by atoms with E-state index in [2.05, 4.69) is 0 Å². The predicted octanol–water partition coefficient (Wildman–Crippen LogP) is 2.62. The Hall–Kier alpha value is -0.240. The summed E-state index contributed by atoms with van der Waals surface area (Å²) in [6.07, 6.45) is 0. The molecule has 2 aliphatic carbocycles. The summed E-state index contributed by atoms with van der Waals surface area (Å²) in [5, 5.41) is -0.307. The summed E-state index contributed by atoms with van der Waals surface area (Å²) in [7, 11) is 4.81. The second kappa shape index (κ2) is 5.89. The van der Waals surface area contributed by atoms with Gasteiger partial charge in [0.1, 0.15) is 11.3 Å². The number of hydrogen-bond acceptors (Lipinski definition) is 6. The zero-order valence-electron chi connectivity index (χ0n) is 13.5. The molecule has 1 saturated carbocycles. The maximum atomic E-state index is 12.7. The molecule has 0 saturated heterocycles. The van der Waals surface area contributed by atoms with Crippen molar-refractivity contribution in [3.8, 4) is 0 Å². The Morgan fingerprint density at radius 3 is 1.83 bits per heavy atom. The van der Waals surface area contributed by atoms with Gasteiger partial charge in [-0.3, -0.25) is 9.59 Å². The average Bonchev–Trinajstić information content (AvgIpc) is 2.80. The minimum absolute atomic E-state index is 0.152. The van der Waals surface area contributed by atoms with E-state index in [4.69, 9.17) is 65.4 Å². The zero-order valence-corrected chi connectivity index (χ0v) is 16.6. The minimum atomic E-state index is -1.92. The summed E-state index contributed by atoms with van der Waals surface area (Å²) in [5.41, 5.74) is -1.78. The molecular formula is C14H16Cl4O6. The fourth-order valence-corrected chi connectivity index (χ4v) is 6.25. The van der Waals surface area contributed by atoms with E-state index in [1.165, 1.54) is 21.1 Å². The Morgan fingerprint density at radius 2 is 1.46 bits per heavy atom. The number of fused-ring (bicyclic) bond motifs is 2. The molecular weight excluding hydrogens is 406 g/mol. The van der Waals surface area contributed by atoms with Crippen LogP contribution in [0.25, 0.3) is 0 Å². The molecule has 6 nitrogen and oxygen atoms in total. The van der Waals surface area contributed by atoms with Crippen LogP contribution < -0.4 is 0 Å². The van der Waals surface area contributed by atoms with Crippen LogP contribution in [0.3, 0.4) is 0 Å². The second-order valence-corrected chi connectivity index (χ2v) is 7.59. The van der Waals surface area contributed by atoms with Crippen molar-refractivity contribution in [2.75, 3.05) is 28.4 Å². The van der Waals surface area contributed by atoms with Crippen molar-refractivity contribution in [1.82, 2.24) is 0 Å². The molecule has 0 heterocycles. The van der Waals surface area contributed by atoms with E-state index < -0.39 is 38.8 Å². The molecule has 2 bridgehead atoms. The lowest BCUT2D eigenvalue weighted by atomic mass is 9.68. The van der Waals surface area contributed by atoms with Crippen molar-refractivity contribution >= 4 is 58.3 Å². The van der Waals surface area contributed by atoms with Crippen molar-refractivity contribution in [3.05, 3.63) is 10.1 Å². The van der Waals surface area contributed by atoms with Gasteiger partial charge in [-0.1, -0.05) is 23.2 Å². The van der Waals surface area contributed by atoms with E-state index in [0.29, 0.717) is 0 Å². The molecule has 2 aliphatic rings. The Balaban J connectivity index is 2.98. The highest BCUT2D eigenvalue weighted by Crippen LogP contribution is 2.78. The summed E-state index contributed by atoms with van der Waals surface area (Å²) in [6.45, 7) is 1.38. The van der Waals surface area contributed by atoms with Gasteiger partial charge in [-0.15, -0.1) is 23.2 Å². The molecule has 2 rings (SSSR count). The quantitative estimate of drug-likeness (QED) is 0.394. The molecule has 10 heteroatoms. The third-order valence-corrected chi connectivity index (χ3v) is 7.80. The van der Waals surface area contributed by atoms with Crippen LogP contribution in [0, 0.1) is 11.3 Å². The Kier molecular flexibility index (Phi) is 4.93. The number of ether oxygens (including phenoxy) is 4. The lowest BCUT2D eigenvalue weighted by molar-refractivity contribution is -0.224. The summed E-state index contributed by atoms with van der Waals surface area (Å²) in [6, 6.07) is 0. The first-order chi connectivity index (χ1) is 11.0. The van der Waals surface area contributed by atoms with E-state index in [1.807, 2.05) is 0 Å². The van der Waals surface area contributed by atoms with Gasteiger partial charge < -0.3 is 18.9 Å². The number of esters is 2. The number of hydrogen-bond donors (Lipinski definition) is 0. The maximum absolute atomic E-state index is 12.7. The van der Waals surface area contributed by atoms with E-state index in [1.54, 1.807) is 0 Å². The molecule has 136 valence electrons. The summed E-state index contributed by atoms with van der Waals surface area (Å²) < 4.78 is 20.7. The summed E-state index contributed by atoms with van der Waals surface area (Å²) in [4.78, 5) is 21.4. The topological polar surface area (TPSA) is 71.1 Å². The number of carbonyl (C=O) groups excluding carboxylic acids is 2. The van der Waals surface area contributed by atoms with Crippen LogP contribution in [0.2, 0.25) is 0 Å². The molecule has 1 fully saturated rings. The summed E-state index contributed by atoms with van der Waals surface area (Å²) in [5.74, 6) is -4.96. The molecule has 0 amide bonds. The first kappa shape index (κ1) is 20.1. The van der Waals surface area contributed by atoms with Gasteiger partial charge in [0, 0.05) is 14.2 Å². The van der Waals surface area contributed by atoms with Gasteiger partial charge >= 0.3 is 11.9 Å². The largest absolute Gasteiger partial charge is 0.469 e. The van der Waals surface area contributed by atoms with Gasteiger partial charge in [0.25, 0.3) is 0 Å². The molecule has 24 heavy (non-hydrogen) atoms. The minimum Gasteiger partial charge on any atom is -0.469 e. The number of rotatable bonds is 4. The van der Waals surface area contributed by atoms with Crippen molar-refractivity contribution in [2.45, 2.75) is 22.5 Å². The molecule has 0 N–H and O–H groups in total. The molecule has 0 aromatic heterocycles. The fourth-order valence-electron chi connectivity index (χ4n) is 3.98. The predicted molar refractivity (Wildman–Crippen MR) is 88.3 cm³/mol. The van der Waals surface area contributed by atoms with Crippen molar-refractivity contribution in [2.24, 2.45) is 11.3 Å². The third-order valence-electron chi connectivity index (χ3n) is 5.06. The van der Waals surface area contributed by atoms with Gasteiger partial charge in [-0.25, -0.2) is 0 Å². The zero-order chi connectivity index (χ0) is 18.7. The molecule has 0 aromatic carbocycles. The molecule has 4 atom stereocenters. The number of carbonyl (C=O) groups is 2. The lowest BCUT2D eigenvalue weighted by Crippen LogP contribution is -2.60. The van der Waals surface area contributed by atoms with E-state index in [-0.39, 0.29) is 10.1 Å². The smallest absolute Gasteiger partial charge is 0.314 e. The van der Waals surface area contributed by atoms with Crippen molar-refractivity contribution < 1.29 is 28.5 Å². The first-order valence-corrected chi connectivity index (χ1v) is 8.24. The average molecular weight is 422 g/mol. The number of halogens is 4. The number of alkyl halides is 2. The highest BCUT2D eigenvalue weighted by Gasteiger charge is 2.92. The maximum Gasteiger partial charge on any atom is 0.314 e. The standard InChI is InChI=1S/C14H16Cl4O6/c1-11(10(20)22-3)6(9(19)21-2)12(17)7(15)8(16)13(11,18)14(12,23-4)24-5/h6H,1-5H3. The highest BCUT2D eigenvalue weighted by molar-refractivity contribution is 6.53. The van der Waals surface area contributed by atoms with Gasteiger partial charge in [-0.05, 0) is 6.92 Å². The van der Waals surface area contributed by atoms with E-state index in [9.17, 15) is 9.59 Å². The van der Waals surface area contributed by atoms with Crippen molar-refractivity contribution in [3.63, 3.8) is 0 Å². The Morgan fingerprint density at radius 1 is 0.958 bits per heavy atom. The van der Waals surface area contributed by atoms with Crippen LogP contribution in [0.5, 0.6) is 0 Å². The van der Waals surface area contributed by atoms with Crippen LogP contribution in [-0.2, 0) is 28.5 Å². The highest BCUT2D eigenvalue weighted by atomic mass is 35.5. The van der Waals surface area contributed by atoms with Gasteiger partial charge in [0.05, 0.1) is 24.3 Å². The van der Waals surface area contributed by atoms with Crippen LogP contribution >= 0.6 is 46.4 Å². The van der Waals surface area contributed by atoms with Gasteiger partial charge in [-0.2, -0.15) is 0 Å². The van der Waals surface area contributed by atoms with Gasteiger partial charge in [0.2, 0.25) is 5.79 Å². The summed E-state index contributed by atoms with van der Waals surface area (Å²) >= 11 is 26.2. The Bertz CT molecular complexity index is 633. The van der Waals surface area contributed by atoms with E-state index in [0.717, 1.165) is 14.2 Å². The second-order valence-electron chi connectivity index (χ2n) is 5.67. The van der Waals surface area contributed by atoms with Gasteiger partial charge in [0.15, 0.2) is 9.75 Å². The SMILES string of the molecule is COC(=O)C1C(C)(C(=O)OC)C2(Cl)C(Cl)=C(Cl)C1(Cl)C2(OC)OC. The first-order valence-electron chi connectivity index (χ1n) is 6.73. The molecule has 4 unspecified atom stereocenters. The van der Waals surface area contributed by atoms with E-state index >= 15 is 0 Å². The Labute approximate surface area is 159 Å². The fraction of sp³-hybridized carbons (Fsp3) is 0.714. The lowest BCUT2D eigenvalue weighted by Gasteiger charge is -2.43. The molecule has 0 radical (unpaired) electrons. The van der Waals surface area contributed by atoms with Crippen LogP contribution in [0.15, 0.2) is 10.1 Å².